The molecule has 2 aliphatic heterocycles. The van der Waals surface area contributed by atoms with Crippen LogP contribution in [0.3, 0.4) is 0 Å². The lowest BCUT2D eigenvalue weighted by Crippen LogP contribution is -2.56. The second-order valence-electron chi connectivity index (χ2n) is 7.19. The predicted octanol–water partition coefficient (Wildman–Crippen LogP) is 2.04. The fraction of sp³-hybridized carbons (Fsp3) is 0.722. The lowest BCUT2D eigenvalue weighted by Gasteiger charge is -2.45. The molecule has 0 bridgehead atoms. The first-order valence-corrected chi connectivity index (χ1v) is 8.75. The number of pyridine rings is 1. The van der Waals surface area contributed by atoms with E-state index >= 15 is 0 Å². The minimum atomic E-state index is 0.209. The van der Waals surface area contributed by atoms with Gasteiger partial charge in [0.15, 0.2) is 0 Å². The lowest BCUT2D eigenvalue weighted by molar-refractivity contribution is -0.0270. The summed E-state index contributed by atoms with van der Waals surface area (Å²) in [4.78, 5) is 9.26. The average Bonchev–Trinajstić information content (AvgIpc) is 2.58. The van der Waals surface area contributed by atoms with E-state index in [1.54, 1.807) is 12.4 Å². The van der Waals surface area contributed by atoms with Crippen molar-refractivity contribution in [3.63, 3.8) is 0 Å². The maximum absolute atomic E-state index is 6.03. The van der Waals surface area contributed by atoms with Gasteiger partial charge >= 0.3 is 0 Å². The van der Waals surface area contributed by atoms with Crippen molar-refractivity contribution in [3.05, 3.63) is 24.5 Å². The van der Waals surface area contributed by atoms with Gasteiger partial charge in [-0.3, -0.25) is 9.88 Å². The molecule has 23 heavy (non-hydrogen) atoms. The Morgan fingerprint density at radius 2 is 1.96 bits per heavy atom. The second-order valence-corrected chi connectivity index (χ2v) is 7.19. The molecule has 3 rings (SSSR count). The lowest BCUT2D eigenvalue weighted by atomic mass is 9.98. The van der Waals surface area contributed by atoms with Crippen molar-refractivity contribution in [2.75, 3.05) is 45.9 Å². The second kappa shape index (κ2) is 7.60. The number of nitrogens with zero attached hydrogens (tertiary/aromatic N) is 3. The number of morpholine rings is 1. The molecule has 0 spiro atoms. The molecule has 0 unspecified atom stereocenters. The molecule has 5 heteroatoms. The van der Waals surface area contributed by atoms with Crippen LogP contribution in [0.4, 0.5) is 0 Å². The van der Waals surface area contributed by atoms with Crippen molar-refractivity contribution in [1.29, 1.82) is 0 Å². The van der Waals surface area contributed by atoms with Gasteiger partial charge in [0.25, 0.3) is 0 Å². The molecule has 3 heterocycles. The van der Waals surface area contributed by atoms with Gasteiger partial charge in [-0.1, -0.05) is 0 Å². The van der Waals surface area contributed by atoms with E-state index in [9.17, 15) is 0 Å². The summed E-state index contributed by atoms with van der Waals surface area (Å²) in [6.07, 6.45) is 6.08. The zero-order chi connectivity index (χ0) is 16.1. The average molecular weight is 319 g/mol. The summed E-state index contributed by atoms with van der Waals surface area (Å²) in [6.45, 7) is 11.9. The normalized spacial score (nSPS) is 22.2. The largest absolute Gasteiger partial charge is 0.489 e. The van der Waals surface area contributed by atoms with Crippen LogP contribution in [0.2, 0.25) is 0 Å². The number of ether oxygens (including phenoxy) is 2. The molecule has 0 radical (unpaired) electrons. The van der Waals surface area contributed by atoms with Crippen molar-refractivity contribution in [1.82, 2.24) is 14.8 Å². The summed E-state index contributed by atoms with van der Waals surface area (Å²) in [6, 6.07) is 3.91. The van der Waals surface area contributed by atoms with Crippen molar-refractivity contribution < 1.29 is 9.47 Å². The molecule has 5 nitrogen and oxygen atoms in total. The van der Waals surface area contributed by atoms with Crippen LogP contribution >= 0.6 is 0 Å². The standard InChI is InChI=1S/C18H29N3O2/c1-18(2,21-10-12-22-13-11-21)15-20-8-5-16(6-9-20)23-17-4-3-7-19-14-17/h3-4,7,14,16H,5-6,8-13,15H2,1-2H3. The van der Waals surface area contributed by atoms with Gasteiger partial charge in [-0.15, -0.1) is 0 Å². The highest BCUT2D eigenvalue weighted by atomic mass is 16.5. The maximum Gasteiger partial charge on any atom is 0.137 e. The van der Waals surface area contributed by atoms with Crippen LogP contribution in [0, 0.1) is 0 Å². The fourth-order valence-corrected chi connectivity index (χ4v) is 3.61. The Balaban J connectivity index is 1.45. The number of piperidine rings is 1. The van der Waals surface area contributed by atoms with Gasteiger partial charge in [-0.2, -0.15) is 0 Å². The zero-order valence-corrected chi connectivity index (χ0v) is 14.4. The van der Waals surface area contributed by atoms with Crippen LogP contribution in [0.15, 0.2) is 24.5 Å². The molecule has 1 aromatic heterocycles. The Labute approximate surface area is 139 Å². The van der Waals surface area contributed by atoms with Crippen molar-refractivity contribution in [2.45, 2.75) is 38.3 Å². The Hall–Kier alpha value is -1.17. The fourth-order valence-electron chi connectivity index (χ4n) is 3.61. The first-order valence-electron chi connectivity index (χ1n) is 8.75. The molecule has 2 aliphatic rings. The van der Waals surface area contributed by atoms with E-state index < -0.39 is 0 Å². The van der Waals surface area contributed by atoms with Crippen LogP contribution in [0.25, 0.3) is 0 Å². The van der Waals surface area contributed by atoms with Crippen LogP contribution in [0.5, 0.6) is 5.75 Å². The molecule has 0 N–H and O–H groups in total. The van der Waals surface area contributed by atoms with E-state index in [4.69, 9.17) is 9.47 Å². The first-order chi connectivity index (χ1) is 11.1. The van der Waals surface area contributed by atoms with Crippen molar-refractivity contribution >= 4 is 0 Å². The Kier molecular flexibility index (Phi) is 5.51. The van der Waals surface area contributed by atoms with Gasteiger partial charge in [0.05, 0.1) is 19.4 Å². The molecular formula is C18H29N3O2. The highest BCUT2D eigenvalue weighted by molar-refractivity contribution is 5.15. The molecule has 0 saturated carbocycles. The smallest absolute Gasteiger partial charge is 0.137 e. The van der Waals surface area contributed by atoms with Gasteiger partial charge in [0.1, 0.15) is 11.9 Å². The third-order valence-electron chi connectivity index (χ3n) is 4.95. The topological polar surface area (TPSA) is 37.8 Å². The minimum Gasteiger partial charge on any atom is -0.489 e. The van der Waals surface area contributed by atoms with Gasteiger partial charge in [-0.05, 0) is 38.8 Å². The van der Waals surface area contributed by atoms with Crippen molar-refractivity contribution in [2.24, 2.45) is 0 Å². The van der Waals surface area contributed by atoms with Crippen LogP contribution < -0.4 is 4.74 Å². The summed E-state index contributed by atoms with van der Waals surface area (Å²) in [7, 11) is 0. The van der Waals surface area contributed by atoms with Gasteiger partial charge in [-0.25, -0.2) is 0 Å². The summed E-state index contributed by atoms with van der Waals surface area (Å²) in [5.41, 5.74) is 0.209. The highest BCUT2D eigenvalue weighted by Gasteiger charge is 2.32. The summed E-state index contributed by atoms with van der Waals surface area (Å²) >= 11 is 0. The molecule has 2 saturated heterocycles. The van der Waals surface area contributed by atoms with E-state index in [0.29, 0.717) is 6.10 Å². The van der Waals surface area contributed by atoms with E-state index in [1.807, 2.05) is 12.1 Å². The predicted molar refractivity (Wildman–Crippen MR) is 90.8 cm³/mol. The van der Waals surface area contributed by atoms with Crippen LogP contribution in [-0.2, 0) is 4.74 Å². The summed E-state index contributed by atoms with van der Waals surface area (Å²) in [5.74, 6) is 0.889. The Morgan fingerprint density at radius 1 is 1.22 bits per heavy atom. The Morgan fingerprint density at radius 3 is 2.61 bits per heavy atom. The quantitative estimate of drug-likeness (QED) is 0.830. The molecule has 128 valence electrons. The maximum atomic E-state index is 6.03. The van der Waals surface area contributed by atoms with Crippen molar-refractivity contribution in [3.8, 4) is 5.75 Å². The first kappa shape index (κ1) is 16.7. The molecule has 1 aromatic rings. The van der Waals surface area contributed by atoms with E-state index in [0.717, 1.165) is 64.5 Å². The molecule has 0 amide bonds. The van der Waals surface area contributed by atoms with E-state index in [-0.39, 0.29) is 5.54 Å². The molecule has 0 atom stereocenters. The zero-order valence-electron chi connectivity index (χ0n) is 14.4. The summed E-state index contributed by atoms with van der Waals surface area (Å²) in [5, 5.41) is 0. The minimum absolute atomic E-state index is 0.209. The monoisotopic (exact) mass is 319 g/mol. The molecular weight excluding hydrogens is 290 g/mol. The molecule has 0 aliphatic carbocycles. The third-order valence-corrected chi connectivity index (χ3v) is 4.95. The van der Waals surface area contributed by atoms with Gasteiger partial charge < -0.3 is 14.4 Å². The number of hydrogen-bond donors (Lipinski definition) is 0. The number of likely N-dealkylation sites (tertiary alicyclic amines) is 1. The number of aromatic nitrogens is 1. The molecule has 2 fully saturated rings. The van der Waals surface area contributed by atoms with E-state index in [2.05, 4.69) is 28.6 Å². The Bertz CT molecular complexity index is 466. The van der Waals surface area contributed by atoms with Gasteiger partial charge in [0, 0.05) is 44.5 Å². The van der Waals surface area contributed by atoms with Crippen LogP contribution in [0.1, 0.15) is 26.7 Å². The number of rotatable bonds is 5. The van der Waals surface area contributed by atoms with Crippen LogP contribution in [-0.4, -0.2) is 72.4 Å². The summed E-state index contributed by atoms with van der Waals surface area (Å²) < 4.78 is 11.5. The highest BCUT2D eigenvalue weighted by Crippen LogP contribution is 2.22. The number of hydrogen-bond acceptors (Lipinski definition) is 5. The van der Waals surface area contributed by atoms with Gasteiger partial charge in [0.2, 0.25) is 0 Å². The molecule has 0 aromatic carbocycles. The van der Waals surface area contributed by atoms with E-state index in [1.165, 1.54) is 0 Å². The SMILES string of the molecule is CC(C)(CN1CCC(Oc2cccnc2)CC1)N1CCOCC1. The third kappa shape index (κ3) is 4.66.